The summed E-state index contributed by atoms with van der Waals surface area (Å²) < 4.78 is 1.19. The van der Waals surface area contributed by atoms with Gasteiger partial charge in [0.05, 0.1) is 28.1 Å². The summed E-state index contributed by atoms with van der Waals surface area (Å²) in [6.07, 6.45) is 3.56. The lowest BCUT2D eigenvalue weighted by Crippen LogP contribution is -1.79. The van der Waals surface area contributed by atoms with Crippen LogP contribution in [-0.2, 0) is 0 Å². The molecule has 0 saturated heterocycles. The Balaban J connectivity index is 2.65. The van der Waals surface area contributed by atoms with Crippen molar-refractivity contribution in [1.29, 1.82) is 0 Å². The number of hydrogen-bond acceptors (Lipinski definition) is 4. The SMILES string of the molecule is c1nc2ccc3cnncc3c2s1. The van der Waals surface area contributed by atoms with E-state index in [1.165, 1.54) is 4.70 Å². The van der Waals surface area contributed by atoms with Gasteiger partial charge in [0, 0.05) is 10.8 Å². The summed E-state index contributed by atoms with van der Waals surface area (Å²) in [5, 5.41) is 9.96. The van der Waals surface area contributed by atoms with Gasteiger partial charge in [0.1, 0.15) is 0 Å². The van der Waals surface area contributed by atoms with Crippen molar-refractivity contribution in [2.45, 2.75) is 0 Å². The fraction of sp³-hybridized carbons (Fsp3) is 0. The van der Waals surface area contributed by atoms with Crippen LogP contribution in [0.5, 0.6) is 0 Å². The highest BCUT2D eigenvalue weighted by atomic mass is 32.1. The van der Waals surface area contributed by atoms with Crippen LogP contribution < -0.4 is 0 Å². The molecule has 0 aliphatic carbocycles. The van der Waals surface area contributed by atoms with Crippen LogP contribution in [0.3, 0.4) is 0 Å². The highest BCUT2D eigenvalue weighted by molar-refractivity contribution is 7.17. The monoisotopic (exact) mass is 187 g/mol. The summed E-state index contributed by atoms with van der Waals surface area (Å²) in [6, 6.07) is 4.03. The van der Waals surface area contributed by atoms with Crippen LogP contribution in [0.1, 0.15) is 0 Å². The molecule has 0 radical (unpaired) electrons. The maximum atomic E-state index is 4.24. The normalized spacial score (nSPS) is 11.1. The molecule has 0 spiro atoms. The minimum absolute atomic E-state index is 1.03. The minimum atomic E-state index is 1.03. The van der Waals surface area contributed by atoms with Gasteiger partial charge in [0.25, 0.3) is 0 Å². The third kappa shape index (κ3) is 0.922. The van der Waals surface area contributed by atoms with Crippen LogP contribution in [-0.4, -0.2) is 15.2 Å². The van der Waals surface area contributed by atoms with E-state index in [-0.39, 0.29) is 0 Å². The van der Waals surface area contributed by atoms with Crippen molar-refractivity contribution in [2.75, 3.05) is 0 Å². The third-order valence-corrected chi connectivity index (χ3v) is 2.90. The number of hydrogen-bond donors (Lipinski definition) is 0. The molecule has 1 aromatic carbocycles. The summed E-state index contributed by atoms with van der Waals surface area (Å²) in [4.78, 5) is 4.24. The van der Waals surface area contributed by atoms with Gasteiger partial charge in [-0.25, -0.2) is 4.98 Å². The molecular weight excluding hydrogens is 182 g/mol. The second-order valence-electron chi connectivity index (χ2n) is 2.76. The predicted molar refractivity (Wildman–Crippen MR) is 52.7 cm³/mol. The van der Waals surface area contributed by atoms with Crippen molar-refractivity contribution in [3.63, 3.8) is 0 Å². The number of nitrogens with zero attached hydrogens (tertiary/aromatic N) is 3. The molecule has 2 aromatic heterocycles. The molecule has 0 atom stereocenters. The minimum Gasteiger partial charge on any atom is -0.245 e. The molecular formula is C9H5N3S. The smallest absolute Gasteiger partial charge is 0.0819 e. The Morgan fingerprint density at radius 3 is 3.00 bits per heavy atom. The highest BCUT2D eigenvalue weighted by Crippen LogP contribution is 2.26. The molecule has 0 bridgehead atoms. The molecule has 0 amide bonds. The van der Waals surface area contributed by atoms with Crippen molar-refractivity contribution in [1.82, 2.24) is 15.2 Å². The molecule has 0 unspecified atom stereocenters. The van der Waals surface area contributed by atoms with Gasteiger partial charge in [-0.1, -0.05) is 6.07 Å². The van der Waals surface area contributed by atoms with Crippen molar-refractivity contribution < 1.29 is 0 Å². The van der Waals surface area contributed by atoms with Crippen LogP contribution in [0.15, 0.2) is 30.0 Å². The molecule has 0 saturated carbocycles. The first-order valence-electron chi connectivity index (χ1n) is 3.88. The van der Waals surface area contributed by atoms with Crippen LogP contribution in [0, 0.1) is 0 Å². The Hall–Kier alpha value is -1.55. The molecule has 0 fully saturated rings. The lowest BCUT2D eigenvalue weighted by Gasteiger charge is -1.94. The van der Waals surface area contributed by atoms with E-state index in [1.54, 1.807) is 23.7 Å². The second-order valence-corrected chi connectivity index (χ2v) is 3.61. The molecule has 3 aromatic rings. The summed E-state index contributed by atoms with van der Waals surface area (Å²) in [7, 11) is 0. The van der Waals surface area contributed by atoms with Crippen molar-refractivity contribution >= 4 is 32.3 Å². The van der Waals surface area contributed by atoms with E-state index in [4.69, 9.17) is 0 Å². The molecule has 3 rings (SSSR count). The maximum Gasteiger partial charge on any atom is 0.0819 e. The van der Waals surface area contributed by atoms with Gasteiger partial charge in [-0.2, -0.15) is 10.2 Å². The van der Waals surface area contributed by atoms with Crippen molar-refractivity contribution in [2.24, 2.45) is 0 Å². The zero-order chi connectivity index (χ0) is 8.67. The van der Waals surface area contributed by atoms with Crippen molar-refractivity contribution in [3.05, 3.63) is 30.0 Å². The fourth-order valence-corrected chi connectivity index (χ4v) is 2.21. The van der Waals surface area contributed by atoms with E-state index in [0.717, 1.165) is 16.3 Å². The number of fused-ring (bicyclic) bond motifs is 3. The van der Waals surface area contributed by atoms with E-state index < -0.39 is 0 Å². The Kier molecular flexibility index (Phi) is 1.31. The molecule has 0 N–H and O–H groups in total. The summed E-state index contributed by atoms with van der Waals surface area (Å²) in [5.41, 5.74) is 2.88. The van der Waals surface area contributed by atoms with Gasteiger partial charge in [-0.05, 0) is 6.07 Å². The van der Waals surface area contributed by atoms with Gasteiger partial charge >= 0.3 is 0 Å². The number of rotatable bonds is 0. The standard InChI is InChI=1S/C9H5N3S/c1-2-8-9(13-5-10-8)7-4-12-11-3-6(1)7/h1-5H. The molecule has 3 nitrogen and oxygen atoms in total. The van der Waals surface area contributed by atoms with Gasteiger partial charge in [-0.3, -0.25) is 0 Å². The van der Waals surface area contributed by atoms with Gasteiger partial charge in [0.15, 0.2) is 0 Å². The van der Waals surface area contributed by atoms with Gasteiger partial charge in [-0.15, -0.1) is 11.3 Å². The average Bonchev–Trinajstić information content (AvgIpc) is 2.65. The van der Waals surface area contributed by atoms with E-state index in [9.17, 15) is 0 Å². The fourth-order valence-electron chi connectivity index (χ4n) is 1.40. The maximum absolute atomic E-state index is 4.24. The number of aromatic nitrogens is 3. The van der Waals surface area contributed by atoms with Crippen molar-refractivity contribution in [3.8, 4) is 0 Å². The number of thiazole rings is 1. The predicted octanol–water partition coefficient (Wildman–Crippen LogP) is 2.24. The topological polar surface area (TPSA) is 38.7 Å². The lowest BCUT2D eigenvalue weighted by atomic mass is 10.2. The Morgan fingerprint density at radius 2 is 2.00 bits per heavy atom. The molecule has 0 aliphatic heterocycles. The quantitative estimate of drug-likeness (QED) is 0.541. The number of benzene rings is 1. The average molecular weight is 187 g/mol. The zero-order valence-electron chi connectivity index (χ0n) is 6.64. The van der Waals surface area contributed by atoms with Crippen LogP contribution in [0.2, 0.25) is 0 Å². The Morgan fingerprint density at radius 1 is 1.08 bits per heavy atom. The third-order valence-electron chi connectivity index (χ3n) is 2.02. The van der Waals surface area contributed by atoms with Gasteiger partial charge in [0.2, 0.25) is 0 Å². The molecule has 0 aliphatic rings. The van der Waals surface area contributed by atoms with Crippen LogP contribution in [0.25, 0.3) is 21.0 Å². The van der Waals surface area contributed by atoms with Gasteiger partial charge < -0.3 is 0 Å². The first kappa shape index (κ1) is 6.91. The van der Waals surface area contributed by atoms with E-state index in [1.807, 2.05) is 17.6 Å². The first-order valence-corrected chi connectivity index (χ1v) is 4.76. The van der Waals surface area contributed by atoms with Crippen LogP contribution >= 0.6 is 11.3 Å². The van der Waals surface area contributed by atoms with E-state index >= 15 is 0 Å². The molecule has 4 heteroatoms. The molecule has 2 heterocycles. The largest absolute Gasteiger partial charge is 0.245 e. The highest BCUT2D eigenvalue weighted by Gasteiger charge is 2.01. The van der Waals surface area contributed by atoms with Crippen LogP contribution in [0.4, 0.5) is 0 Å². The summed E-state index contributed by atoms with van der Waals surface area (Å²) in [5.74, 6) is 0. The van der Waals surface area contributed by atoms with E-state index in [0.29, 0.717) is 0 Å². The second kappa shape index (κ2) is 2.47. The Labute approximate surface area is 78.1 Å². The lowest BCUT2D eigenvalue weighted by molar-refractivity contribution is 1.05. The molecule has 13 heavy (non-hydrogen) atoms. The summed E-state index contributed by atoms with van der Waals surface area (Å²) in [6.45, 7) is 0. The van der Waals surface area contributed by atoms with E-state index in [2.05, 4.69) is 15.2 Å². The summed E-state index contributed by atoms with van der Waals surface area (Å²) >= 11 is 1.64. The first-order chi connectivity index (χ1) is 6.45. The molecule has 62 valence electrons. The Bertz CT molecular complexity index is 573. The zero-order valence-corrected chi connectivity index (χ0v) is 7.45.